The Morgan fingerprint density at radius 1 is 1.24 bits per heavy atom. The van der Waals surface area contributed by atoms with Crippen molar-refractivity contribution in [2.75, 3.05) is 5.75 Å². The molecule has 0 aromatic heterocycles. The zero-order chi connectivity index (χ0) is 12.7. The molecule has 0 N–H and O–H groups in total. The van der Waals surface area contributed by atoms with Crippen molar-refractivity contribution in [3.63, 3.8) is 0 Å². The molecule has 2 unspecified atom stereocenters. The van der Waals surface area contributed by atoms with Gasteiger partial charge in [-0.1, -0.05) is 39.5 Å². The van der Waals surface area contributed by atoms with Crippen LogP contribution >= 0.6 is 11.8 Å². The first-order chi connectivity index (χ1) is 8.17. The molecule has 0 aromatic carbocycles. The van der Waals surface area contributed by atoms with E-state index in [1.165, 1.54) is 25.7 Å². The maximum absolute atomic E-state index is 12.2. The van der Waals surface area contributed by atoms with Gasteiger partial charge in [-0.05, 0) is 36.5 Å². The van der Waals surface area contributed by atoms with E-state index in [0.29, 0.717) is 0 Å². The zero-order valence-corrected chi connectivity index (χ0v) is 11.7. The molecule has 0 aromatic rings. The second-order valence-corrected chi connectivity index (χ2v) is 6.28. The maximum Gasteiger partial charge on any atom is 0.267 e. The smallest absolute Gasteiger partial charge is 0.174 e. The maximum atomic E-state index is 12.2. The molecule has 1 fully saturated rings. The lowest BCUT2D eigenvalue weighted by atomic mass is 9.83. The van der Waals surface area contributed by atoms with Crippen LogP contribution in [-0.4, -0.2) is 11.0 Å². The van der Waals surface area contributed by atoms with Gasteiger partial charge in [-0.25, -0.2) is 0 Å². The van der Waals surface area contributed by atoms with Gasteiger partial charge in [0.05, 0.1) is 0 Å². The van der Waals surface area contributed by atoms with E-state index in [0.717, 1.165) is 36.5 Å². The summed E-state index contributed by atoms with van der Waals surface area (Å²) >= 11 is 1.72. The second kappa shape index (κ2) is 8.12. The molecule has 1 aliphatic heterocycles. The quantitative estimate of drug-likeness (QED) is 0.609. The van der Waals surface area contributed by atoms with Crippen LogP contribution in [0.3, 0.4) is 0 Å². The van der Waals surface area contributed by atoms with Gasteiger partial charge in [0, 0.05) is 5.25 Å². The SMILES string of the molecule is CCCC(CCC)C1CCC(C=C(F)F)SC1. The van der Waals surface area contributed by atoms with Gasteiger partial charge < -0.3 is 0 Å². The van der Waals surface area contributed by atoms with Crippen LogP contribution in [0.25, 0.3) is 0 Å². The highest BCUT2D eigenvalue weighted by atomic mass is 32.2. The molecule has 1 rings (SSSR count). The third-order valence-corrected chi connectivity index (χ3v) is 5.06. The molecule has 17 heavy (non-hydrogen) atoms. The third kappa shape index (κ3) is 5.41. The van der Waals surface area contributed by atoms with Crippen LogP contribution in [0.1, 0.15) is 52.4 Å². The highest BCUT2D eigenvalue weighted by Gasteiger charge is 2.26. The molecule has 0 amide bonds. The number of thioether (sulfide) groups is 1. The van der Waals surface area contributed by atoms with E-state index in [1.54, 1.807) is 11.8 Å². The minimum atomic E-state index is -1.51. The van der Waals surface area contributed by atoms with Crippen LogP contribution in [0.5, 0.6) is 0 Å². The molecule has 100 valence electrons. The number of hydrogen-bond donors (Lipinski definition) is 0. The van der Waals surface area contributed by atoms with Gasteiger partial charge in [-0.2, -0.15) is 20.5 Å². The van der Waals surface area contributed by atoms with E-state index < -0.39 is 6.08 Å². The Hall–Kier alpha value is -0.0500. The topological polar surface area (TPSA) is 0 Å². The van der Waals surface area contributed by atoms with Crippen molar-refractivity contribution in [2.24, 2.45) is 11.8 Å². The lowest BCUT2D eigenvalue weighted by Gasteiger charge is -2.32. The molecule has 3 heteroatoms. The second-order valence-electron chi connectivity index (χ2n) is 5.00. The van der Waals surface area contributed by atoms with Crippen LogP contribution in [0, 0.1) is 11.8 Å². The van der Waals surface area contributed by atoms with Gasteiger partial charge in [0.1, 0.15) is 0 Å². The lowest BCUT2D eigenvalue weighted by molar-refractivity contribution is 0.289. The Bertz CT molecular complexity index is 222. The first-order valence-electron chi connectivity index (χ1n) is 6.81. The van der Waals surface area contributed by atoms with Gasteiger partial charge in [-0.15, -0.1) is 0 Å². The standard InChI is InChI=1S/C14H24F2S/c1-3-5-11(6-4-2)12-7-8-13(17-10-12)9-14(15)16/h9,11-13H,3-8,10H2,1-2H3. The number of rotatable bonds is 6. The molecule has 1 heterocycles. The van der Waals surface area contributed by atoms with Crippen molar-refractivity contribution in [3.05, 3.63) is 12.2 Å². The first-order valence-corrected chi connectivity index (χ1v) is 7.86. The summed E-state index contributed by atoms with van der Waals surface area (Å²) in [6, 6.07) is 0. The minimum absolute atomic E-state index is 0.0557. The molecule has 0 spiro atoms. The summed E-state index contributed by atoms with van der Waals surface area (Å²) in [5.74, 6) is 2.64. The molecular weight excluding hydrogens is 238 g/mol. The summed E-state index contributed by atoms with van der Waals surface area (Å²) in [4.78, 5) is 0. The van der Waals surface area contributed by atoms with E-state index in [2.05, 4.69) is 13.8 Å². The van der Waals surface area contributed by atoms with E-state index >= 15 is 0 Å². The molecular formula is C14H24F2S. The summed E-state index contributed by atoms with van der Waals surface area (Å²) in [6.07, 6.45) is 6.77. The van der Waals surface area contributed by atoms with Gasteiger partial charge in [0.15, 0.2) is 0 Å². The highest BCUT2D eigenvalue weighted by Crippen LogP contribution is 2.37. The lowest BCUT2D eigenvalue weighted by Crippen LogP contribution is -2.24. The average molecular weight is 262 g/mol. The fourth-order valence-corrected chi connectivity index (χ4v) is 4.23. The Kier molecular flexibility index (Phi) is 7.17. The minimum Gasteiger partial charge on any atom is -0.174 e. The average Bonchev–Trinajstić information content (AvgIpc) is 2.29. The van der Waals surface area contributed by atoms with Gasteiger partial charge in [-0.3, -0.25) is 0 Å². The highest BCUT2D eigenvalue weighted by molar-refractivity contribution is 8.00. The van der Waals surface area contributed by atoms with Crippen LogP contribution in [-0.2, 0) is 0 Å². The van der Waals surface area contributed by atoms with Crippen molar-refractivity contribution < 1.29 is 8.78 Å². The predicted molar refractivity (Wildman–Crippen MR) is 72.6 cm³/mol. The van der Waals surface area contributed by atoms with Crippen molar-refractivity contribution >= 4 is 11.8 Å². The molecule has 0 saturated carbocycles. The van der Waals surface area contributed by atoms with E-state index in [9.17, 15) is 8.78 Å². The molecule has 1 saturated heterocycles. The fourth-order valence-electron chi connectivity index (χ4n) is 2.79. The van der Waals surface area contributed by atoms with E-state index in [1.807, 2.05) is 0 Å². The van der Waals surface area contributed by atoms with Crippen LogP contribution in [0.15, 0.2) is 12.2 Å². The number of halogens is 2. The van der Waals surface area contributed by atoms with Crippen molar-refractivity contribution in [2.45, 2.75) is 57.6 Å². The molecule has 0 bridgehead atoms. The van der Waals surface area contributed by atoms with Crippen LogP contribution < -0.4 is 0 Å². The monoisotopic (exact) mass is 262 g/mol. The summed E-state index contributed by atoms with van der Waals surface area (Å²) < 4.78 is 24.3. The van der Waals surface area contributed by atoms with Crippen LogP contribution in [0.4, 0.5) is 8.78 Å². The Morgan fingerprint density at radius 3 is 2.29 bits per heavy atom. The zero-order valence-electron chi connectivity index (χ0n) is 10.9. The largest absolute Gasteiger partial charge is 0.267 e. The fraction of sp³-hybridized carbons (Fsp3) is 0.857. The molecule has 0 radical (unpaired) electrons. The van der Waals surface area contributed by atoms with E-state index in [4.69, 9.17) is 0 Å². The van der Waals surface area contributed by atoms with Crippen LogP contribution in [0.2, 0.25) is 0 Å². The van der Waals surface area contributed by atoms with Crippen molar-refractivity contribution in [3.8, 4) is 0 Å². The summed E-state index contributed by atoms with van der Waals surface area (Å²) in [5.41, 5.74) is 0. The third-order valence-electron chi connectivity index (χ3n) is 3.64. The Labute approximate surface area is 108 Å². The van der Waals surface area contributed by atoms with Crippen molar-refractivity contribution in [1.82, 2.24) is 0 Å². The summed E-state index contributed by atoms with van der Waals surface area (Å²) in [7, 11) is 0. The molecule has 0 nitrogen and oxygen atoms in total. The Morgan fingerprint density at radius 2 is 1.88 bits per heavy atom. The molecule has 0 aliphatic carbocycles. The van der Waals surface area contributed by atoms with Gasteiger partial charge >= 0.3 is 0 Å². The van der Waals surface area contributed by atoms with Crippen molar-refractivity contribution in [1.29, 1.82) is 0 Å². The predicted octanol–water partition coefficient (Wildman–Crippen LogP) is 5.50. The first kappa shape index (κ1) is 15.0. The van der Waals surface area contributed by atoms with E-state index in [-0.39, 0.29) is 5.25 Å². The summed E-state index contributed by atoms with van der Waals surface area (Å²) in [6.45, 7) is 4.48. The van der Waals surface area contributed by atoms with Gasteiger partial charge in [0.2, 0.25) is 0 Å². The molecule has 2 atom stereocenters. The Balaban J connectivity index is 2.40. The number of hydrogen-bond acceptors (Lipinski definition) is 1. The summed E-state index contributed by atoms with van der Waals surface area (Å²) in [5, 5.41) is 0.0557. The van der Waals surface area contributed by atoms with Gasteiger partial charge in [0.25, 0.3) is 6.08 Å². The normalized spacial score (nSPS) is 25.0. The molecule has 1 aliphatic rings.